The van der Waals surface area contributed by atoms with Gasteiger partial charge in [-0.1, -0.05) is 151 Å². The van der Waals surface area contributed by atoms with E-state index in [0.717, 1.165) is 51.4 Å². The molecule has 1 unspecified atom stereocenters. The number of ether oxygens (including phenoxy) is 2. The van der Waals surface area contributed by atoms with E-state index >= 15 is 0 Å². The van der Waals surface area contributed by atoms with Gasteiger partial charge < -0.3 is 27.9 Å². The van der Waals surface area contributed by atoms with Gasteiger partial charge in [0.1, 0.15) is 19.8 Å². The number of carbonyl (C=O) groups is 2. The zero-order valence-corrected chi connectivity index (χ0v) is 38.4. The largest absolute Gasteiger partial charge is 0.756 e. The molecule has 0 heterocycles. The second kappa shape index (κ2) is 39.9. The quantitative estimate of drug-likeness (QED) is 0.0197. The predicted molar refractivity (Wildman–Crippen MR) is 240 cm³/mol. The highest BCUT2D eigenvalue weighted by atomic mass is 31.2. The molecule has 0 aromatic rings. The summed E-state index contributed by atoms with van der Waals surface area (Å²) in [7, 11) is 1.11. The Morgan fingerprint density at radius 2 is 0.966 bits per heavy atom. The summed E-state index contributed by atoms with van der Waals surface area (Å²) in [6, 6.07) is 0. The number of phosphoric ester groups is 1. The van der Waals surface area contributed by atoms with E-state index in [1.807, 2.05) is 33.3 Å². The highest BCUT2D eigenvalue weighted by Gasteiger charge is 2.21. The van der Waals surface area contributed by atoms with Crippen molar-refractivity contribution in [1.82, 2.24) is 0 Å². The molecule has 0 radical (unpaired) electrons. The number of hydrogen-bond donors (Lipinski definition) is 0. The maximum Gasteiger partial charge on any atom is 0.306 e. The standard InChI is InChI=1S/C48H84NO8P/c1-6-8-10-12-14-16-18-20-22-23-24-25-27-28-30-32-34-36-38-40-47(50)54-44-46(45-56-58(52,53)55-43-42-49(3,4)5)57-48(51)41-39-37-35-33-31-29-26-21-19-17-15-13-11-9-7-2/h14,16,20,22,24-25,28-31,34,36,46H,6-13,15,17-19,21,23,26-27,32-33,35,37-45H2,1-5H3/b16-14+,22-20+,25-24+,30-28+,31-29+,36-34+/t46-/m1/s1. The van der Waals surface area contributed by atoms with Gasteiger partial charge in [-0.15, -0.1) is 0 Å². The maximum atomic E-state index is 12.7. The second-order valence-electron chi connectivity index (χ2n) is 16.1. The average Bonchev–Trinajstić information content (AvgIpc) is 3.17. The smallest absolute Gasteiger partial charge is 0.306 e. The molecule has 10 heteroatoms. The third-order valence-electron chi connectivity index (χ3n) is 9.21. The Bertz CT molecular complexity index is 1220. The minimum Gasteiger partial charge on any atom is -0.756 e. The minimum atomic E-state index is -4.65. The van der Waals surface area contributed by atoms with Crippen molar-refractivity contribution in [2.24, 2.45) is 0 Å². The number of likely N-dealkylation sites (N-methyl/N-ethyl adjacent to an activating group) is 1. The number of unbranched alkanes of at least 4 members (excludes halogenated alkanes) is 14. The predicted octanol–water partition coefficient (Wildman–Crippen LogP) is 12.4. The van der Waals surface area contributed by atoms with Crippen molar-refractivity contribution < 1.29 is 42.1 Å². The lowest BCUT2D eigenvalue weighted by Crippen LogP contribution is -2.37. The molecular weight excluding hydrogens is 750 g/mol. The average molecular weight is 834 g/mol. The second-order valence-corrected chi connectivity index (χ2v) is 17.5. The van der Waals surface area contributed by atoms with Gasteiger partial charge in [-0.25, -0.2) is 0 Å². The molecule has 334 valence electrons. The molecule has 0 amide bonds. The van der Waals surface area contributed by atoms with Crippen LogP contribution in [0.15, 0.2) is 72.9 Å². The molecular formula is C48H84NO8P. The Balaban J connectivity index is 4.50. The van der Waals surface area contributed by atoms with Gasteiger partial charge in [-0.05, 0) is 77.0 Å². The van der Waals surface area contributed by atoms with Gasteiger partial charge in [0.15, 0.2) is 6.10 Å². The van der Waals surface area contributed by atoms with Crippen LogP contribution in [0.4, 0.5) is 0 Å². The molecule has 0 N–H and O–H groups in total. The molecule has 9 nitrogen and oxygen atoms in total. The van der Waals surface area contributed by atoms with Crippen LogP contribution < -0.4 is 4.89 Å². The number of esters is 2. The molecule has 0 saturated carbocycles. The van der Waals surface area contributed by atoms with E-state index in [9.17, 15) is 19.0 Å². The summed E-state index contributed by atoms with van der Waals surface area (Å²) in [6.45, 7) is 4.08. The summed E-state index contributed by atoms with van der Waals surface area (Å²) in [4.78, 5) is 37.5. The van der Waals surface area contributed by atoms with Crippen LogP contribution in [-0.2, 0) is 32.7 Å². The Kier molecular flexibility index (Phi) is 38.1. The fraction of sp³-hybridized carbons (Fsp3) is 0.708. The first-order chi connectivity index (χ1) is 28.0. The van der Waals surface area contributed by atoms with Gasteiger partial charge in [0.2, 0.25) is 0 Å². The van der Waals surface area contributed by atoms with Crippen LogP contribution in [0.3, 0.4) is 0 Å². The first kappa shape index (κ1) is 55.5. The Morgan fingerprint density at radius 3 is 1.50 bits per heavy atom. The van der Waals surface area contributed by atoms with Crippen molar-refractivity contribution in [3.8, 4) is 0 Å². The third kappa shape index (κ3) is 43.0. The van der Waals surface area contributed by atoms with Crippen molar-refractivity contribution in [2.45, 2.75) is 174 Å². The zero-order valence-electron chi connectivity index (χ0n) is 37.5. The normalized spacial score (nSPS) is 14.2. The fourth-order valence-electron chi connectivity index (χ4n) is 5.63. The monoisotopic (exact) mass is 834 g/mol. The van der Waals surface area contributed by atoms with Crippen molar-refractivity contribution in [3.63, 3.8) is 0 Å². The van der Waals surface area contributed by atoms with E-state index in [0.29, 0.717) is 23.9 Å². The van der Waals surface area contributed by atoms with Crippen LogP contribution in [0.1, 0.15) is 168 Å². The highest BCUT2D eigenvalue weighted by molar-refractivity contribution is 7.45. The van der Waals surface area contributed by atoms with Gasteiger partial charge in [0.05, 0.1) is 27.7 Å². The van der Waals surface area contributed by atoms with Crippen LogP contribution in [0.25, 0.3) is 0 Å². The number of nitrogens with zero attached hydrogens (tertiary/aromatic N) is 1. The number of carbonyl (C=O) groups excluding carboxylic acids is 2. The van der Waals surface area contributed by atoms with Gasteiger partial charge in [-0.2, -0.15) is 0 Å². The molecule has 0 aromatic heterocycles. The molecule has 0 rings (SSSR count). The topological polar surface area (TPSA) is 111 Å². The summed E-state index contributed by atoms with van der Waals surface area (Å²) < 4.78 is 33.8. The maximum absolute atomic E-state index is 12.7. The molecule has 0 bridgehead atoms. The summed E-state index contributed by atoms with van der Waals surface area (Å²) in [5, 5.41) is 0. The molecule has 0 aliphatic carbocycles. The Hall–Kier alpha value is -2.55. The van der Waals surface area contributed by atoms with E-state index in [1.54, 1.807) is 0 Å². The molecule has 0 aliphatic heterocycles. The van der Waals surface area contributed by atoms with Gasteiger partial charge in [-0.3, -0.25) is 14.2 Å². The number of rotatable bonds is 40. The Labute approximate surface area is 355 Å². The summed E-state index contributed by atoms with van der Waals surface area (Å²) in [6.07, 6.45) is 49.4. The Morgan fingerprint density at radius 1 is 0.534 bits per heavy atom. The van der Waals surface area contributed by atoms with Crippen LogP contribution in [0, 0.1) is 0 Å². The van der Waals surface area contributed by atoms with E-state index in [1.165, 1.54) is 77.0 Å². The van der Waals surface area contributed by atoms with Crippen LogP contribution in [0.5, 0.6) is 0 Å². The van der Waals surface area contributed by atoms with Gasteiger partial charge in [0, 0.05) is 12.8 Å². The number of hydrogen-bond acceptors (Lipinski definition) is 8. The summed E-state index contributed by atoms with van der Waals surface area (Å²) >= 11 is 0. The van der Waals surface area contributed by atoms with Crippen LogP contribution >= 0.6 is 7.82 Å². The molecule has 0 aliphatic rings. The van der Waals surface area contributed by atoms with Crippen molar-refractivity contribution in [1.29, 1.82) is 0 Å². The molecule has 0 fully saturated rings. The van der Waals surface area contributed by atoms with Gasteiger partial charge >= 0.3 is 11.9 Å². The summed E-state index contributed by atoms with van der Waals surface area (Å²) in [5.41, 5.74) is 0. The first-order valence-electron chi connectivity index (χ1n) is 22.6. The van der Waals surface area contributed by atoms with Crippen molar-refractivity contribution >= 4 is 19.8 Å². The molecule has 2 atom stereocenters. The third-order valence-corrected chi connectivity index (χ3v) is 10.2. The number of quaternary nitrogens is 1. The number of phosphoric acid groups is 1. The van der Waals surface area contributed by atoms with Gasteiger partial charge in [0.25, 0.3) is 7.82 Å². The minimum absolute atomic E-state index is 0.0476. The molecule has 58 heavy (non-hydrogen) atoms. The molecule has 0 saturated heterocycles. The highest BCUT2D eigenvalue weighted by Crippen LogP contribution is 2.38. The fourth-order valence-corrected chi connectivity index (χ4v) is 6.36. The zero-order chi connectivity index (χ0) is 42.8. The van der Waals surface area contributed by atoms with Crippen molar-refractivity contribution in [2.75, 3.05) is 47.5 Å². The lowest BCUT2D eigenvalue weighted by molar-refractivity contribution is -0.870. The van der Waals surface area contributed by atoms with E-state index in [4.69, 9.17) is 18.5 Å². The van der Waals surface area contributed by atoms with E-state index in [-0.39, 0.29) is 26.1 Å². The molecule has 0 spiro atoms. The molecule has 0 aromatic carbocycles. The van der Waals surface area contributed by atoms with Crippen LogP contribution in [0.2, 0.25) is 0 Å². The lowest BCUT2D eigenvalue weighted by Gasteiger charge is -2.28. The SMILES string of the molecule is CCCCC/C=C/C/C=C/C/C=C/C/C=C/C/C=C/CCC(=O)OC[C@H](COP(=O)([O-])OCC[N+](C)(C)C)OC(=O)CCCCC/C=C/CCCCCCCCCC. The number of allylic oxidation sites excluding steroid dienone is 12. The van der Waals surface area contributed by atoms with Crippen LogP contribution in [-0.4, -0.2) is 70.0 Å². The van der Waals surface area contributed by atoms with Crippen molar-refractivity contribution in [3.05, 3.63) is 72.9 Å². The van der Waals surface area contributed by atoms with E-state index < -0.39 is 32.5 Å². The van der Waals surface area contributed by atoms with E-state index in [2.05, 4.69) is 74.6 Å². The summed E-state index contributed by atoms with van der Waals surface area (Å²) in [5.74, 6) is -0.954. The lowest BCUT2D eigenvalue weighted by atomic mass is 10.1. The first-order valence-corrected chi connectivity index (χ1v) is 24.1.